The summed E-state index contributed by atoms with van der Waals surface area (Å²) < 4.78 is 10.7. The third-order valence-corrected chi connectivity index (χ3v) is 3.95. The molecular formula is C20H31ClN2O4. The summed E-state index contributed by atoms with van der Waals surface area (Å²) in [5, 5.41) is 6.15. The smallest absolute Gasteiger partial charge is 0.408 e. The Morgan fingerprint density at radius 1 is 1.15 bits per heavy atom. The van der Waals surface area contributed by atoms with Crippen molar-refractivity contribution >= 4 is 23.6 Å². The fourth-order valence-corrected chi connectivity index (χ4v) is 2.61. The van der Waals surface area contributed by atoms with E-state index in [1.54, 1.807) is 40.0 Å². The van der Waals surface area contributed by atoms with Crippen molar-refractivity contribution in [3.8, 4) is 0 Å². The fourth-order valence-electron chi connectivity index (χ4n) is 2.48. The molecule has 0 saturated heterocycles. The number of benzene rings is 1. The maximum absolute atomic E-state index is 12.6. The van der Waals surface area contributed by atoms with Crippen LogP contribution >= 0.6 is 11.6 Å². The number of rotatable bonds is 8. The molecule has 0 aliphatic heterocycles. The number of amides is 2. The van der Waals surface area contributed by atoms with Crippen LogP contribution in [-0.4, -0.2) is 37.3 Å². The molecule has 0 aromatic heterocycles. The molecule has 0 aliphatic carbocycles. The van der Waals surface area contributed by atoms with E-state index in [2.05, 4.69) is 10.6 Å². The van der Waals surface area contributed by atoms with Crippen LogP contribution in [0.25, 0.3) is 0 Å². The van der Waals surface area contributed by atoms with Crippen molar-refractivity contribution in [1.29, 1.82) is 0 Å². The third kappa shape index (κ3) is 9.11. The van der Waals surface area contributed by atoms with Gasteiger partial charge in [-0.25, -0.2) is 4.79 Å². The van der Waals surface area contributed by atoms with E-state index in [0.29, 0.717) is 11.4 Å². The van der Waals surface area contributed by atoms with Crippen LogP contribution in [0.1, 0.15) is 52.7 Å². The first-order chi connectivity index (χ1) is 12.5. The molecule has 0 aliphatic rings. The summed E-state index contributed by atoms with van der Waals surface area (Å²) in [5.74, 6) is -0.0456. The van der Waals surface area contributed by atoms with Crippen molar-refractivity contribution in [2.24, 2.45) is 5.92 Å². The second-order valence-corrected chi connectivity index (χ2v) is 8.29. The molecule has 2 amide bonds. The highest BCUT2D eigenvalue weighted by Gasteiger charge is 2.25. The van der Waals surface area contributed by atoms with Gasteiger partial charge in [-0.15, -0.1) is 0 Å². The zero-order valence-corrected chi connectivity index (χ0v) is 17.7. The minimum atomic E-state index is -0.678. The zero-order chi connectivity index (χ0) is 20.6. The molecule has 0 spiro atoms. The van der Waals surface area contributed by atoms with Crippen molar-refractivity contribution in [3.63, 3.8) is 0 Å². The van der Waals surface area contributed by atoms with Crippen molar-refractivity contribution < 1.29 is 19.1 Å². The Morgan fingerprint density at radius 3 is 2.22 bits per heavy atom. The highest BCUT2D eigenvalue weighted by molar-refractivity contribution is 6.30. The van der Waals surface area contributed by atoms with Crippen LogP contribution in [0.15, 0.2) is 24.3 Å². The van der Waals surface area contributed by atoms with Crippen LogP contribution in [-0.2, 0) is 14.3 Å². The van der Waals surface area contributed by atoms with Gasteiger partial charge < -0.3 is 20.1 Å². The van der Waals surface area contributed by atoms with Gasteiger partial charge in [-0.2, -0.15) is 0 Å². The molecule has 1 aromatic rings. The minimum Gasteiger partial charge on any atom is -0.444 e. The average molecular weight is 399 g/mol. The van der Waals surface area contributed by atoms with E-state index in [4.69, 9.17) is 21.1 Å². The van der Waals surface area contributed by atoms with Crippen LogP contribution < -0.4 is 10.6 Å². The second-order valence-electron chi connectivity index (χ2n) is 7.85. The van der Waals surface area contributed by atoms with Gasteiger partial charge in [0.05, 0.1) is 6.10 Å². The molecule has 0 heterocycles. The Morgan fingerprint density at radius 2 is 1.74 bits per heavy atom. The van der Waals surface area contributed by atoms with E-state index >= 15 is 0 Å². The van der Waals surface area contributed by atoms with Crippen LogP contribution in [0.4, 0.5) is 4.79 Å². The number of nitrogens with one attached hydrogen (secondary N) is 2. The predicted octanol–water partition coefficient (Wildman–Crippen LogP) is 4.08. The Kier molecular flexibility index (Phi) is 9.06. The van der Waals surface area contributed by atoms with Gasteiger partial charge in [-0.1, -0.05) is 37.6 Å². The van der Waals surface area contributed by atoms with E-state index in [1.165, 1.54) is 0 Å². The van der Waals surface area contributed by atoms with Gasteiger partial charge in [-0.3, -0.25) is 4.79 Å². The first-order valence-electron chi connectivity index (χ1n) is 9.07. The molecule has 152 valence electrons. The summed E-state index contributed by atoms with van der Waals surface area (Å²) >= 11 is 5.91. The summed E-state index contributed by atoms with van der Waals surface area (Å²) in [6.45, 7) is 9.59. The minimum absolute atomic E-state index is 0.227. The normalized spacial score (nSPS) is 13.8. The van der Waals surface area contributed by atoms with Gasteiger partial charge in [0.1, 0.15) is 11.6 Å². The Hall–Kier alpha value is -1.79. The van der Waals surface area contributed by atoms with Crippen LogP contribution in [0.2, 0.25) is 5.02 Å². The fraction of sp³-hybridized carbons (Fsp3) is 0.600. The first-order valence-corrected chi connectivity index (χ1v) is 9.45. The maximum atomic E-state index is 12.6. The number of halogens is 1. The summed E-state index contributed by atoms with van der Waals surface area (Å²) in [4.78, 5) is 24.7. The zero-order valence-electron chi connectivity index (χ0n) is 17.0. The van der Waals surface area contributed by atoms with Gasteiger partial charge in [0.25, 0.3) is 0 Å². The monoisotopic (exact) mass is 398 g/mol. The number of methoxy groups -OCH3 is 1. The lowest BCUT2D eigenvalue weighted by molar-refractivity contribution is -0.124. The number of carbonyl (C=O) groups is 2. The first kappa shape index (κ1) is 23.2. The molecular weight excluding hydrogens is 368 g/mol. The Bertz CT molecular complexity index is 611. The SMILES string of the molecule is COC(CNC(=O)C(CC(C)C)NC(=O)OC(C)(C)C)c1ccc(Cl)cc1. The standard InChI is InChI=1S/C20H31ClN2O4/c1-13(2)11-16(23-19(25)27-20(3,4)5)18(24)22-12-17(26-6)14-7-9-15(21)10-8-14/h7-10,13,16-17H,11-12H2,1-6H3,(H,22,24)(H,23,25). The van der Waals surface area contributed by atoms with Gasteiger partial charge in [0, 0.05) is 18.7 Å². The lowest BCUT2D eigenvalue weighted by Crippen LogP contribution is -2.49. The molecule has 2 N–H and O–H groups in total. The molecule has 6 nitrogen and oxygen atoms in total. The summed E-state index contributed by atoms with van der Waals surface area (Å²) in [6.07, 6.45) is -0.416. The Balaban J connectivity index is 2.71. The summed E-state index contributed by atoms with van der Waals surface area (Å²) in [6, 6.07) is 6.58. The van der Waals surface area contributed by atoms with E-state index < -0.39 is 17.7 Å². The molecule has 0 bridgehead atoms. The molecule has 27 heavy (non-hydrogen) atoms. The molecule has 0 saturated carbocycles. The predicted molar refractivity (Wildman–Crippen MR) is 107 cm³/mol. The molecule has 2 unspecified atom stereocenters. The summed E-state index contributed by atoms with van der Waals surface area (Å²) in [7, 11) is 1.58. The number of hydrogen-bond donors (Lipinski definition) is 2. The molecule has 0 radical (unpaired) electrons. The van der Waals surface area contributed by atoms with E-state index in [1.807, 2.05) is 26.0 Å². The van der Waals surface area contributed by atoms with Gasteiger partial charge >= 0.3 is 6.09 Å². The number of alkyl carbamates (subject to hydrolysis) is 1. The third-order valence-electron chi connectivity index (χ3n) is 3.70. The Labute approximate surface area is 166 Å². The highest BCUT2D eigenvalue weighted by Crippen LogP contribution is 2.19. The molecule has 1 rings (SSSR count). The van der Waals surface area contributed by atoms with Crippen LogP contribution in [0.5, 0.6) is 0 Å². The summed E-state index contributed by atoms with van der Waals surface area (Å²) in [5.41, 5.74) is 0.279. The van der Waals surface area contributed by atoms with E-state index in [9.17, 15) is 9.59 Å². The number of hydrogen-bond acceptors (Lipinski definition) is 4. The molecule has 7 heteroatoms. The van der Waals surface area contributed by atoms with Gasteiger partial charge in [0.2, 0.25) is 5.91 Å². The topological polar surface area (TPSA) is 76.7 Å². The van der Waals surface area contributed by atoms with Gasteiger partial charge in [-0.05, 0) is 50.8 Å². The van der Waals surface area contributed by atoms with Crippen LogP contribution in [0.3, 0.4) is 0 Å². The van der Waals surface area contributed by atoms with E-state index in [0.717, 1.165) is 5.56 Å². The maximum Gasteiger partial charge on any atom is 0.408 e. The molecule has 2 atom stereocenters. The number of ether oxygens (including phenoxy) is 2. The lowest BCUT2D eigenvalue weighted by Gasteiger charge is -2.25. The van der Waals surface area contributed by atoms with E-state index in [-0.39, 0.29) is 24.5 Å². The second kappa shape index (κ2) is 10.5. The quantitative estimate of drug-likeness (QED) is 0.691. The largest absolute Gasteiger partial charge is 0.444 e. The molecule has 0 fully saturated rings. The highest BCUT2D eigenvalue weighted by atomic mass is 35.5. The lowest BCUT2D eigenvalue weighted by atomic mass is 10.0. The van der Waals surface area contributed by atoms with Crippen molar-refractivity contribution in [1.82, 2.24) is 10.6 Å². The van der Waals surface area contributed by atoms with Crippen LogP contribution in [0, 0.1) is 5.92 Å². The van der Waals surface area contributed by atoms with Gasteiger partial charge in [0.15, 0.2) is 0 Å². The molecule has 1 aromatic carbocycles. The van der Waals surface area contributed by atoms with Crippen molar-refractivity contribution in [2.45, 2.75) is 58.8 Å². The van der Waals surface area contributed by atoms with Crippen molar-refractivity contribution in [2.75, 3.05) is 13.7 Å². The number of carbonyl (C=O) groups excluding carboxylic acids is 2. The van der Waals surface area contributed by atoms with Crippen molar-refractivity contribution in [3.05, 3.63) is 34.9 Å². The average Bonchev–Trinajstić information content (AvgIpc) is 2.54.